The Labute approximate surface area is 190 Å². The lowest BCUT2D eigenvalue weighted by Gasteiger charge is -2.28. The van der Waals surface area contributed by atoms with Gasteiger partial charge in [0, 0.05) is 23.5 Å². The molecule has 0 atom stereocenters. The fourth-order valence-corrected chi connectivity index (χ4v) is 3.77. The molecule has 2 N–H and O–H groups in total. The summed E-state index contributed by atoms with van der Waals surface area (Å²) in [5.74, 6) is -0.998. The molecule has 2 aromatic carbocycles. The minimum Gasteiger partial charge on any atom is -0.372 e. The Balaban J connectivity index is 1.69. The number of carbonyl (C=O) groups is 1. The van der Waals surface area contributed by atoms with Gasteiger partial charge in [-0.2, -0.15) is 18.4 Å². The number of hydrogen-bond donors (Lipinski definition) is 2. The third-order valence-corrected chi connectivity index (χ3v) is 5.62. The number of likely N-dealkylation sites (tertiary alicyclic amines) is 1. The number of amides is 1. The number of halogens is 4. The van der Waals surface area contributed by atoms with Crippen LogP contribution in [0.25, 0.3) is 0 Å². The summed E-state index contributed by atoms with van der Waals surface area (Å²) in [6, 6.07) is 9.14. The van der Waals surface area contributed by atoms with E-state index in [2.05, 4.69) is 15.5 Å². The van der Waals surface area contributed by atoms with Gasteiger partial charge in [-0.15, -0.1) is 0 Å². The highest BCUT2D eigenvalue weighted by molar-refractivity contribution is 5.99. The van der Waals surface area contributed by atoms with Gasteiger partial charge >= 0.3 is 6.18 Å². The highest BCUT2D eigenvalue weighted by Crippen LogP contribution is 2.34. The molecule has 1 heterocycles. The number of carbonyl (C=O) groups excluding carboxylic acids is 1. The smallest absolute Gasteiger partial charge is 0.372 e. The maximum Gasteiger partial charge on any atom is 0.417 e. The molecule has 1 amide bonds. The summed E-state index contributed by atoms with van der Waals surface area (Å²) in [4.78, 5) is 15.0. The van der Waals surface area contributed by atoms with Crippen molar-refractivity contribution in [1.82, 2.24) is 4.90 Å². The SMILES string of the molecule is CC(C)(Nc1ccc(CN2CCCCC2)c(F)c1)C(=O)Nc1ccc(C#N)c(C(F)(F)F)c1. The molecular formula is C24H26F4N4O. The van der Waals surface area contributed by atoms with Crippen LogP contribution in [0, 0.1) is 17.1 Å². The van der Waals surface area contributed by atoms with Crippen LogP contribution in [-0.4, -0.2) is 29.4 Å². The lowest BCUT2D eigenvalue weighted by Crippen LogP contribution is -2.44. The summed E-state index contributed by atoms with van der Waals surface area (Å²) in [6.45, 7) is 5.48. The molecule has 0 spiro atoms. The van der Waals surface area contributed by atoms with Crippen LogP contribution in [0.2, 0.25) is 0 Å². The van der Waals surface area contributed by atoms with E-state index in [0.717, 1.165) is 38.1 Å². The van der Waals surface area contributed by atoms with Crippen molar-refractivity contribution in [2.45, 2.75) is 51.4 Å². The summed E-state index contributed by atoms with van der Waals surface area (Å²) in [7, 11) is 0. The second-order valence-corrected chi connectivity index (χ2v) is 8.72. The van der Waals surface area contributed by atoms with E-state index in [1.807, 2.05) is 0 Å². The fourth-order valence-electron chi connectivity index (χ4n) is 3.77. The number of rotatable bonds is 6. The Morgan fingerprint density at radius 2 is 1.73 bits per heavy atom. The van der Waals surface area contributed by atoms with Crippen LogP contribution >= 0.6 is 0 Å². The van der Waals surface area contributed by atoms with Gasteiger partial charge in [-0.1, -0.05) is 12.5 Å². The van der Waals surface area contributed by atoms with Gasteiger partial charge in [-0.25, -0.2) is 4.39 Å². The quantitative estimate of drug-likeness (QED) is 0.554. The van der Waals surface area contributed by atoms with Gasteiger partial charge < -0.3 is 10.6 Å². The summed E-state index contributed by atoms with van der Waals surface area (Å²) >= 11 is 0. The van der Waals surface area contributed by atoms with E-state index in [0.29, 0.717) is 17.8 Å². The van der Waals surface area contributed by atoms with Crippen molar-refractivity contribution in [3.63, 3.8) is 0 Å². The molecule has 9 heteroatoms. The number of nitriles is 1. The summed E-state index contributed by atoms with van der Waals surface area (Å²) < 4.78 is 54.2. The van der Waals surface area contributed by atoms with E-state index in [4.69, 9.17) is 5.26 Å². The predicted molar refractivity (Wildman–Crippen MR) is 118 cm³/mol. The number of piperidine rings is 1. The topological polar surface area (TPSA) is 68.2 Å². The molecule has 0 bridgehead atoms. The molecule has 0 saturated carbocycles. The van der Waals surface area contributed by atoms with Crippen molar-refractivity contribution in [1.29, 1.82) is 5.26 Å². The monoisotopic (exact) mass is 462 g/mol. The molecule has 33 heavy (non-hydrogen) atoms. The molecule has 0 radical (unpaired) electrons. The first-order valence-corrected chi connectivity index (χ1v) is 10.7. The van der Waals surface area contributed by atoms with Crippen LogP contribution in [-0.2, 0) is 17.5 Å². The van der Waals surface area contributed by atoms with Gasteiger partial charge in [0.1, 0.15) is 11.4 Å². The zero-order valence-corrected chi connectivity index (χ0v) is 18.5. The van der Waals surface area contributed by atoms with Crippen molar-refractivity contribution in [2.24, 2.45) is 0 Å². The highest BCUT2D eigenvalue weighted by Gasteiger charge is 2.34. The molecule has 0 unspecified atom stereocenters. The Bertz CT molecular complexity index is 1050. The number of nitrogens with zero attached hydrogens (tertiary/aromatic N) is 2. The first-order chi connectivity index (χ1) is 15.5. The highest BCUT2D eigenvalue weighted by atomic mass is 19.4. The third-order valence-electron chi connectivity index (χ3n) is 5.62. The van der Waals surface area contributed by atoms with Crippen molar-refractivity contribution in [2.75, 3.05) is 23.7 Å². The molecule has 3 rings (SSSR count). The van der Waals surface area contributed by atoms with Gasteiger partial charge in [0.2, 0.25) is 5.91 Å². The van der Waals surface area contributed by atoms with Crippen molar-refractivity contribution < 1.29 is 22.4 Å². The molecule has 0 aromatic heterocycles. The molecule has 0 aliphatic carbocycles. The minimum atomic E-state index is -4.73. The molecule has 2 aromatic rings. The lowest BCUT2D eigenvalue weighted by atomic mass is 10.0. The molecule has 1 aliphatic rings. The third kappa shape index (κ3) is 6.23. The average molecular weight is 462 g/mol. The summed E-state index contributed by atoms with van der Waals surface area (Å²) in [5, 5.41) is 14.3. The second-order valence-electron chi connectivity index (χ2n) is 8.72. The number of hydrogen-bond acceptors (Lipinski definition) is 4. The fraction of sp³-hybridized carbons (Fsp3) is 0.417. The van der Waals surface area contributed by atoms with Crippen molar-refractivity contribution in [3.8, 4) is 6.07 Å². The van der Waals surface area contributed by atoms with E-state index in [1.54, 1.807) is 12.1 Å². The second kappa shape index (κ2) is 9.79. The normalized spacial score (nSPS) is 15.1. The van der Waals surface area contributed by atoms with Gasteiger partial charge in [-0.05, 0) is 70.1 Å². The van der Waals surface area contributed by atoms with Crippen molar-refractivity contribution >= 4 is 17.3 Å². The number of nitrogens with one attached hydrogen (secondary N) is 2. The number of anilines is 2. The van der Waals surface area contributed by atoms with Crippen LogP contribution in [0.15, 0.2) is 36.4 Å². The Hall–Kier alpha value is -3.12. The molecule has 1 aliphatic heterocycles. The zero-order valence-electron chi connectivity index (χ0n) is 18.5. The van der Waals surface area contributed by atoms with Gasteiger partial charge in [0.25, 0.3) is 0 Å². The predicted octanol–water partition coefficient (Wildman–Crippen LogP) is 5.53. The first-order valence-electron chi connectivity index (χ1n) is 10.7. The summed E-state index contributed by atoms with van der Waals surface area (Å²) in [5.41, 5.74) is -2.05. The number of alkyl halides is 3. The van der Waals surface area contributed by atoms with Gasteiger partial charge in [0.05, 0.1) is 17.2 Å². The van der Waals surface area contributed by atoms with E-state index in [1.165, 1.54) is 38.5 Å². The van der Waals surface area contributed by atoms with E-state index < -0.39 is 28.7 Å². The van der Waals surface area contributed by atoms with Crippen LogP contribution in [0.1, 0.15) is 49.8 Å². The van der Waals surface area contributed by atoms with Crippen LogP contribution in [0.5, 0.6) is 0 Å². The van der Waals surface area contributed by atoms with Crippen LogP contribution in [0.4, 0.5) is 28.9 Å². The van der Waals surface area contributed by atoms with Crippen LogP contribution < -0.4 is 10.6 Å². The molecule has 176 valence electrons. The van der Waals surface area contributed by atoms with Gasteiger partial charge in [0.15, 0.2) is 0 Å². The lowest BCUT2D eigenvalue weighted by molar-refractivity contribution is -0.137. The maximum absolute atomic E-state index is 14.7. The van der Waals surface area contributed by atoms with E-state index in [9.17, 15) is 22.4 Å². The first kappa shape index (κ1) is 24.5. The molecule has 5 nitrogen and oxygen atoms in total. The van der Waals surface area contributed by atoms with E-state index >= 15 is 0 Å². The Kier molecular flexibility index (Phi) is 7.28. The Morgan fingerprint density at radius 1 is 1.06 bits per heavy atom. The average Bonchev–Trinajstić information content (AvgIpc) is 2.75. The summed E-state index contributed by atoms with van der Waals surface area (Å²) in [6.07, 6.45) is -1.32. The van der Waals surface area contributed by atoms with Crippen molar-refractivity contribution in [3.05, 3.63) is 58.9 Å². The molecular weight excluding hydrogens is 436 g/mol. The molecule has 1 saturated heterocycles. The van der Waals surface area contributed by atoms with Crippen LogP contribution in [0.3, 0.4) is 0 Å². The molecule has 1 fully saturated rings. The zero-order chi connectivity index (χ0) is 24.2. The standard InChI is InChI=1S/C24H26F4N4O/c1-23(2,22(33)30-18-8-6-16(14-29)20(12-18)24(26,27)28)31-19-9-7-17(21(25)13-19)15-32-10-4-3-5-11-32/h6-9,12-13,31H,3-5,10-11,15H2,1-2H3,(H,30,33). The van der Waals surface area contributed by atoms with Gasteiger partial charge in [-0.3, -0.25) is 9.69 Å². The van der Waals surface area contributed by atoms with E-state index in [-0.39, 0.29) is 11.5 Å². The Morgan fingerprint density at radius 3 is 2.33 bits per heavy atom. The minimum absolute atomic E-state index is 0.0933. The largest absolute Gasteiger partial charge is 0.417 e. The number of benzene rings is 2. The maximum atomic E-state index is 14.7.